The van der Waals surface area contributed by atoms with E-state index in [9.17, 15) is 17.6 Å². The third-order valence-electron chi connectivity index (χ3n) is 6.66. The molecule has 0 spiro atoms. The van der Waals surface area contributed by atoms with E-state index >= 15 is 0 Å². The monoisotopic (exact) mass is 525 g/mol. The minimum atomic E-state index is -4.62. The van der Waals surface area contributed by atoms with Crippen LogP contribution in [0.1, 0.15) is 30.3 Å². The summed E-state index contributed by atoms with van der Waals surface area (Å²) in [5.41, 5.74) is 3.40. The summed E-state index contributed by atoms with van der Waals surface area (Å²) < 4.78 is 62.1. The third kappa shape index (κ3) is 4.34. The number of hydrogen-bond acceptors (Lipinski definition) is 7. The highest BCUT2D eigenvalue weighted by Crippen LogP contribution is 2.46. The van der Waals surface area contributed by atoms with Crippen molar-refractivity contribution in [1.82, 2.24) is 30.0 Å². The van der Waals surface area contributed by atoms with E-state index in [0.717, 1.165) is 24.6 Å². The van der Waals surface area contributed by atoms with Gasteiger partial charge in [0.15, 0.2) is 5.69 Å². The Kier molecular flexibility index (Phi) is 5.98. The van der Waals surface area contributed by atoms with E-state index < -0.39 is 17.7 Å². The van der Waals surface area contributed by atoms with Gasteiger partial charge >= 0.3 is 12.2 Å². The van der Waals surface area contributed by atoms with Gasteiger partial charge in [-0.1, -0.05) is 0 Å². The van der Waals surface area contributed by atoms with Crippen molar-refractivity contribution in [3.05, 3.63) is 65.8 Å². The standard InChI is InChI=1S/C26H23F4N7O/c1-2-32-20-8-15(27)7-18-17(20)9-21-23(18)24(37-6-4-22(36-37)26(28,29)30)19(13-33-21)14-10-34-25(35-11-14)38-16-3-5-31-12-16/h4,6-8,10-11,13,16,31-32H,2-3,5,9,12H2,1H3/t16-/m0/s1. The molecular weight excluding hydrogens is 502 g/mol. The summed E-state index contributed by atoms with van der Waals surface area (Å²) in [7, 11) is 0. The minimum Gasteiger partial charge on any atom is -0.459 e. The van der Waals surface area contributed by atoms with Crippen LogP contribution in [-0.4, -0.2) is 50.5 Å². The molecule has 1 saturated heterocycles. The first-order valence-corrected chi connectivity index (χ1v) is 12.2. The van der Waals surface area contributed by atoms with Crippen LogP contribution in [0.4, 0.5) is 23.2 Å². The van der Waals surface area contributed by atoms with Gasteiger partial charge in [-0.15, -0.1) is 0 Å². The lowest BCUT2D eigenvalue weighted by Gasteiger charge is -2.16. The van der Waals surface area contributed by atoms with Crippen LogP contribution in [0.25, 0.3) is 27.9 Å². The van der Waals surface area contributed by atoms with Crippen molar-refractivity contribution in [2.45, 2.75) is 32.0 Å². The number of hydrogen-bond donors (Lipinski definition) is 2. The van der Waals surface area contributed by atoms with E-state index in [1.165, 1.54) is 35.4 Å². The number of fused-ring (bicyclic) bond motifs is 3. The summed E-state index contributed by atoms with van der Waals surface area (Å²) in [4.78, 5) is 13.3. The Bertz CT molecular complexity index is 1490. The lowest BCUT2D eigenvalue weighted by molar-refractivity contribution is -0.141. The summed E-state index contributed by atoms with van der Waals surface area (Å²) in [6.07, 6.45) is 2.48. The maximum atomic E-state index is 14.7. The number of nitrogens with one attached hydrogen (secondary N) is 2. The zero-order valence-corrected chi connectivity index (χ0v) is 20.3. The van der Waals surface area contributed by atoms with Crippen molar-refractivity contribution in [1.29, 1.82) is 0 Å². The molecule has 8 nitrogen and oxygen atoms in total. The minimum absolute atomic E-state index is 0.0275. The normalized spacial score (nSPS) is 16.4. The Balaban J connectivity index is 1.51. The molecule has 2 aliphatic rings. The number of anilines is 1. The van der Waals surface area contributed by atoms with Gasteiger partial charge in [0.25, 0.3) is 0 Å². The maximum Gasteiger partial charge on any atom is 0.435 e. The van der Waals surface area contributed by atoms with E-state index in [1.807, 2.05) is 6.92 Å². The van der Waals surface area contributed by atoms with E-state index in [2.05, 4.69) is 30.7 Å². The number of benzene rings is 1. The van der Waals surface area contributed by atoms with Crippen molar-refractivity contribution in [3.8, 4) is 34.0 Å². The summed E-state index contributed by atoms with van der Waals surface area (Å²) in [6, 6.07) is 3.91. The molecule has 3 aromatic heterocycles. The molecule has 12 heteroatoms. The first kappa shape index (κ1) is 24.3. The van der Waals surface area contributed by atoms with Crippen molar-refractivity contribution in [3.63, 3.8) is 0 Å². The van der Waals surface area contributed by atoms with Crippen LogP contribution in [0.15, 0.2) is 43.0 Å². The van der Waals surface area contributed by atoms with Gasteiger partial charge in [-0.3, -0.25) is 4.98 Å². The Morgan fingerprint density at radius 1 is 1.13 bits per heavy atom. The first-order valence-electron chi connectivity index (χ1n) is 12.2. The molecule has 4 aromatic rings. The van der Waals surface area contributed by atoms with Crippen molar-refractivity contribution < 1.29 is 22.3 Å². The fraction of sp³-hybridized carbons (Fsp3) is 0.308. The van der Waals surface area contributed by atoms with Crippen LogP contribution in [0, 0.1) is 5.82 Å². The van der Waals surface area contributed by atoms with Gasteiger partial charge in [-0.05, 0) is 49.2 Å². The molecule has 0 unspecified atom stereocenters. The molecule has 1 fully saturated rings. The summed E-state index contributed by atoms with van der Waals surface area (Å²) in [5, 5.41) is 10.2. The van der Waals surface area contributed by atoms with Crippen LogP contribution < -0.4 is 15.4 Å². The molecule has 2 N–H and O–H groups in total. The number of nitrogens with zero attached hydrogens (tertiary/aromatic N) is 5. The fourth-order valence-electron chi connectivity index (χ4n) is 4.97. The van der Waals surface area contributed by atoms with Gasteiger partial charge in [0, 0.05) is 66.7 Å². The zero-order chi connectivity index (χ0) is 26.4. The van der Waals surface area contributed by atoms with Crippen LogP contribution in [0.5, 0.6) is 6.01 Å². The van der Waals surface area contributed by atoms with Crippen molar-refractivity contribution >= 4 is 5.69 Å². The molecular formula is C26H23F4N7O. The number of alkyl halides is 3. The van der Waals surface area contributed by atoms with E-state index in [4.69, 9.17) is 4.74 Å². The van der Waals surface area contributed by atoms with E-state index in [-0.39, 0.29) is 12.1 Å². The van der Waals surface area contributed by atoms with Crippen LogP contribution in [-0.2, 0) is 12.6 Å². The second-order valence-electron chi connectivity index (χ2n) is 9.16. The largest absolute Gasteiger partial charge is 0.459 e. The molecule has 0 bridgehead atoms. The van der Waals surface area contributed by atoms with Crippen LogP contribution >= 0.6 is 0 Å². The molecule has 196 valence electrons. The zero-order valence-electron chi connectivity index (χ0n) is 20.3. The Morgan fingerprint density at radius 2 is 1.95 bits per heavy atom. The Morgan fingerprint density at radius 3 is 2.63 bits per heavy atom. The Labute approximate surface area is 215 Å². The molecule has 0 radical (unpaired) electrons. The van der Waals surface area contributed by atoms with Crippen LogP contribution in [0.3, 0.4) is 0 Å². The fourth-order valence-corrected chi connectivity index (χ4v) is 4.97. The summed E-state index contributed by atoms with van der Waals surface area (Å²) in [6.45, 7) is 4.04. The Hall–Kier alpha value is -4.06. The highest BCUT2D eigenvalue weighted by Gasteiger charge is 2.35. The first-order chi connectivity index (χ1) is 18.3. The van der Waals surface area contributed by atoms with Crippen molar-refractivity contribution in [2.24, 2.45) is 0 Å². The smallest absolute Gasteiger partial charge is 0.435 e. The highest BCUT2D eigenvalue weighted by molar-refractivity contribution is 5.91. The second-order valence-corrected chi connectivity index (χ2v) is 9.16. The number of rotatable bonds is 6. The van der Waals surface area contributed by atoms with Gasteiger partial charge in [0.1, 0.15) is 11.9 Å². The summed E-state index contributed by atoms with van der Waals surface area (Å²) in [5.74, 6) is -0.466. The molecule has 1 aromatic carbocycles. The third-order valence-corrected chi connectivity index (χ3v) is 6.66. The van der Waals surface area contributed by atoms with E-state index in [0.29, 0.717) is 58.8 Å². The molecule has 1 aliphatic carbocycles. The predicted molar refractivity (Wildman–Crippen MR) is 132 cm³/mol. The van der Waals surface area contributed by atoms with Crippen molar-refractivity contribution in [2.75, 3.05) is 25.0 Å². The average Bonchev–Trinajstić information content (AvgIpc) is 3.64. The molecule has 38 heavy (non-hydrogen) atoms. The van der Waals surface area contributed by atoms with Crippen LogP contribution in [0.2, 0.25) is 0 Å². The van der Waals surface area contributed by atoms with Gasteiger partial charge in [0.2, 0.25) is 0 Å². The average molecular weight is 526 g/mol. The van der Waals surface area contributed by atoms with E-state index in [1.54, 1.807) is 6.20 Å². The number of aromatic nitrogens is 5. The number of halogens is 4. The maximum absolute atomic E-state index is 14.7. The quantitative estimate of drug-likeness (QED) is 0.313. The number of ether oxygens (including phenoxy) is 1. The molecule has 0 saturated carbocycles. The summed E-state index contributed by atoms with van der Waals surface area (Å²) >= 11 is 0. The molecule has 6 rings (SSSR count). The second kappa shape index (κ2) is 9.35. The number of pyridine rings is 1. The lowest BCUT2D eigenvalue weighted by Crippen LogP contribution is -2.20. The predicted octanol–water partition coefficient (Wildman–Crippen LogP) is 4.63. The molecule has 0 amide bonds. The molecule has 1 aliphatic heterocycles. The van der Waals surface area contributed by atoms with Gasteiger partial charge in [0.05, 0.1) is 11.4 Å². The van der Waals surface area contributed by atoms with Gasteiger partial charge in [-0.25, -0.2) is 19.0 Å². The topological polar surface area (TPSA) is 89.8 Å². The molecule has 1 atom stereocenters. The van der Waals surface area contributed by atoms with Gasteiger partial charge < -0.3 is 15.4 Å². The van der Waals surface area contributed by atoms with Gasteiger partial charge in [-0.2, -0.15) is 18.3 Å². The SMILES string of the molecule is CCNc1cc(F)cc2c1Cc1ncc(-c3cnc(O[C@H]4CCNC4)nc3)c(-n3ccc(C(F)(F)F)n3)c1-2. The molecule has 4 heterocycles. The lowest BCUT2D eigenvalue weighted by atomic mass is 9.99. The highest BCUT2D eigenvalue weighted by atomic mass is 19.4.